The van der Waals surface area contributed by atoms with Gasteiger partial charge in [-0.3, -0.25) is 19.2 Å². The molecule has 0 unspecified atom stereocenters. The van der Waals surface area contributed by atoms with E-state index in [0.717, 1.165) is 0 Å². The summed E-state index contributed by atoms with van der Waals surface area (Å²) in [4.78, 5) is 48.1. The minimum atomic E-state index is -1.03. The zero-order valence-electron chi connectivity index (χ0n) is 14.2. The zero-order chi connectivity index (χ0) is 19.3. The van der Waals surface area contributed by atoms with E-state index >= 15 is 0 Å². The molecule has 3 amide bonds. The molecule has 1 fully saturated rings. The van der Waals surface area contributed by atoms with Crippen molar-refractivity contribution in [3.8, 4) is 0 Å². The minimum Gasteiger partial charge on any atom is -0.481 e. The number of aliphatic carboxylic acids is 1. The van der Waals surface area contributed by atoms with E-state index in [9.17, 15) is 23.6 Å². The molecule has 9 heteroatoms. The molecular formula is C17H20FN3O5. The Balaban J connectivity index is 1.88. The molecule has 140 valence electrons. The lowest BCUT2D eigenvalue weighted by molar-refractivity contribution is -0.137. The number of carboxylic acids is 1. The van der Waals surface area contributed by atoms with Crippen LogP contribution in [0.3, 0.4) is 0 Å². The Morgan fingerprint density at radius 1 is 1.31 bits per heavy atom. The van der Waals surface area contributed by atoms with Crippen molar-refractivity contribution in [3.63, 3.8) is 0 Å². The summed E-state index contributed by atoms with van der Waals surface area (Å²) in [7, 11) is 0. The van der Waals surface area contributed by atoms with Crippen molar-refractivity contribution in [3.05, 3.63) is 30.1 Å². The normalized spacial score (nSPS) is 17.7. The van der Waals surface area contributed by atoms with Crippen LogP contribution in [-0.4, -0.2) is 47.9 Å². The highest BCUT2D eigenvalue weighted by Gasteiger charge is 2.36. The van der Waals surface area contributed by atoms with Crippen LogP contribution in [0.25, 0.3) is 0 Å². The highest BCUT2D eigenvalue weighted by Crippen LogP contribution is 2.25. The Morgan fingerprint density at radius 2 is 1.96 bits per heavy atom. The maximum absolute atomic E-state index is 13.0. The van der Waals surface area contributed by atoms with Gasteiger partial charge in [-0.25, -0.2) is 4.39 Å². The molecule has 0 saturated carbocycles. The lowest BCUT2D eigenvalue weighted by Gasteiger charge is -2.18. The highest BCUT2D eigenvalue weighted by molar-refractivity contribution is 6.01. The molecule has 0 aromatic heterocycles. The Labute approximate surface area is 149 Å². The van der Waals surface area contributed by atoms with Gasteiger partial charge in [0.1, 0.15) is 11.9 Å². The number of carbonyl (C=O) groups excluding carboxylic acids is 3. The first kappa shape index (κ1) is 19.4. The van der Waals surface area contributed by atoms with Crippen molar-refractivity contribution in [2.75, 3.05) is 18.0 Å². The summed E-state index contributed by atoms with van der Waals surface area (Å²) in [5, 5.41) is 13.5. The molecule has 1 aliphatic rings. The molecule has 1 heterocycles. The first-order chi connectivity index (χ1) is 12.3. The second-order valence-corrected chi connectivity index (χ2v) is 6.05. The summed E-state index contributed by atoms with van der Waals surface area (Å²) in [6, 6.07) is 4.54. The average molecular weight is 365 g/mol. The van der Waals surface area contributed by atoms with Gasteiger partial charge in [0.2, 0.25) is 17.7 Å². The van der Waals surface area contributed by atoms with E-state index in [0.29, 0.717) is 5.69 Å². The summed E-state index contributed by atoms with van der Waals surface area (Å²) >= 11 is 0. The van der Waals surface area contributed by atoms with Gasteiger partial charge in [0, 0.05) is 25.2 Å². The number of hydrogen-bond donors (Lipinski definition) is 3. The molecule has 0 bridgehead atoms. The van der Waals surface area contributed by atoms with Crippen molar-refractivity contribution in [2.24, 2.45) is 5.92 Å². The van der Waals surface area contributed by atoms with Crippen LogP contribution < -0.4 is 15.5 Å². The Bertz CT molecular complexity index is 707. The van der Waals surface area contributed by atoms with Gasteiger partial charge in [0.25, 0.3) is 0 Å². The highest BCUT2D eigenvalue weighted by atomic mass is 19.1. The number of amides is 3. The number of nitrogens with one attached hydrogen (secondary N) is 2. The number of nitrogens with zero attached hydrogens (tertiary/aromatic N) is 1. The molecule has 26 heavy (non-hydrogen) atoms. The van der Waals surface area contributed by atoms with Gasteiger partial charge >= 0.3 is 5.97 Å². The minimum absolute atomic E-state index is 0.00341. The first-order valence-corrected chi connectivity index (χ1v) is 8.13. The number of carbonyl (C=O) groups is 4. The van der Waals surface area contributed by atoms with E-state index in [1.165, 1.54) is 36.1 Å². The lowest BCUT2D eigenvalue weighted by Crippen LogP contribution is -2.47. The van der Waals surface area contributed by atoms with E-state index in [-0.39, 0.29) is 31.8 Å². The SMILES string of the molecule is C[C@H](NC(=O)[C@H]1CC(=O)N(c2ccc(F)cc2)C1)C(=O)NCCC(=O)O. The van der Waals surface area contributed by atoms with E-state index in [4.69, 9.17) is 5.11 Å². The van der Waals surface area contributed by atoms with Crippen LogP contribution in [0.5, 0.6) is 0 Å². The lowest BCUT2D eigenvalue weighted by atomic mass is 10.1. The van der Waals surface area contributed by atoms with E-state index in [1.54, 1.807) is 0 Å². The fraction of sp³-hybridized carbons (Fsp3) is 0.412. The molecule has 1 aromatic carbocycles. The van der Waals surface area contributed by atoms with Crippen LogP contribution in [0, 0.1) is 11.7 Å². The van der Waals surface area contributed by atoms with Crippen LogP contribution in [0.1, 0.15) is 19.8 Å². The topological polar surface area (TPSA) is 116 Å². The van der Waals surface area contributed by atoms with Crippen molar-refractivity contribution in [1.29, 1.82) is 0 Å². The molecule has 2 rings (SSSR count). The molecule has 0 aliphatic carbocycles. The molecule has 1 saturated heterocycles. The Morgan fingerprint density at radius 3 is 2.58 bits per heavy atom. The van der Waals surface area contributed by atoms with Gasteiger partial charge in [-0.15, -0.1) is 0 Å². The van der Waals surface area contributed by atoms with Crippen molar-refractivity contribution in [2.45, 2.75) is 25.8 Å². The summed E-state index contributed by atoms with van der Waals surface area (Å²) in [6.07, 6.45) is -0.216. The Hall–Kier alpha value is -2.97. The number of anilines is 1. The molecule has 1 aromatic rings. The number of carboxylic acid groups (broad SMARTS) is 1. The summed E-state index contributed by atoms with van der Waals surface area (Å²) in [5.41, 5.74) is 0.506. The predicted octanol–water partition coefficient (Wildman–Crippen LogP) is 0.274. The van der Waals surface area contributed by atoms with Gasteiger partial charge in [-0.05, 0) is 31.2 Å². The number of rotatable bonds is 7. The molecule has 1 aliphatic heterocycles. The quantitative estimate of drug-likeness (QED) is 0.642. The third-order valence-electron chi connectivity index (χ3n) is 4.02. The van der Waals surface area contributed by atoms with Gasteiger partial charge in [0.05, 0.1) is 12.3 Å². The van der Waals surface area contributed by atoms with Crippen LogP contribution in [0.15, 0.2) is 24.3 Å². The number of benzene rings is 1. The molecule has 2 atom stereocenters. The van der Waals surface area contributed by atoms with Crippen LogP contribution in [-0.2, 0) is 19.2 Å². The zero-order valence-corrected chi connectivity index (χ0v) is 14.2. The van der Waals surface area contributed by atoms with Crippen LogP contribution >= 0.6 is 0 Å². The van der Waals surface area contributed by atoms with Gasteiger partial charge in [0.15, 0.2) is 0 Å². The maximum Gasteiger partial charge on any atom is 0.305 e. The third-order valence-corrected chi connectivity index (χ3v) is 4.02. The van der Waals surface area contributed by atoms with Crippen LogP contribution in [0.2, 0.25) is 0 Å². The first-order valence-electron chi connectivity index (χ1n) is 8.13. The van der Waals surface area contributed by atoms with Crippen molar-refractivity contribution < 1.29 is 28.7 Å². The summed E-state index contributed by atoms with van der Waals surface area (Å²) in [6.45, 7) is 1.58. The molecule has 0 radical (unpaired) electrons. The summed E-state index contributed by atoms with van der Waals surface area (Å²) in [5.74, 6) is -3.27. The molecule has 0 spiro atoms. The smallest absolute Gasteiger partial charge is 0.305 e. The maximum atomic E-state index is 13.0. The van der Waals surface area contributed by atoms with Crippen LogP contribution in [0.4, 0.5) is 10.1 Å². The Kier molecular flexibility index (Phi) is 6.26. The second-order valence-electron chi connectivity index (χ2n) is 6.05. The monoisotopic (exact) mass is 365 g/mol. The molecule has 8 nitrogen and oxygen atoms in total. The third kappa shape index (κ3) is 5.01. The average Bonchev–Trinajstić information content (AvgIpc) is 2.97. The second kappa shape index (κ2) is 8.41. The standard InChI is InChI=1S/C17H20FN3O5/c1-10(16(25)19-7-6-15(23)24)20-17(26)11-8-14(22)21(9-11)13-4-2-12(18)3-5-13/h2-5,10-11H,6-9H2,1H3,(H,19,25)(H,20,26)(H,23,24)/t10-,11-/m0/s1. The van der Waals surface area contributed by atoms with Gasteiger partial charge in [-0.1, -0.05) is 0 Å². The number of hydrogen-bond acceptors (Lipinski definition) is 4. The van der Waals surface area contributed by atoms with E-state index in [1.807, 2.05) is 0 Å². The van der Waals surface area contributed by atoms with Gasteiger partial charge < -0.3 is 20.6 Å². The van der Waals surface area contributed by atoms with E-state index < -0.39 is 35.6 Å². The fourth-order valence-electron chi connectivity index (χ4n) is 2.60. The van der Waals surface area contributed by atoms with Gasteiger partial charge in [-0.2, -0.15) is 0 Å². The molecular weight excluding hydrogens is 345 g/mol. The fourth-order valence-corrected chi connectivity index (χ4v) is 2.60. The number of halogens is 1. The molecule has 3 N–H and O–H groups in total. The van der Waals surface area contributed by atoms with E-state index in [2.05, 4.69) is 10.6 Å². The summed E-state index contributed by atoms with van der Waals surface area (Å²) < 4.78 is 13.0. The largest absolute Gasteiger partial charge is 0.481 e. The van der Waals surface area contributed by atoms with Crippen molar-refractivity contribution in [1.82, 2.24) is 10.6 Å². The van der Waals surface area contributed by atoms with Crippen molar-refractivity contribution >= 4 is 29.4 Å². The predicted molar refractivity (Wildman–Crippen MR) is 89.7 cm³/mol.